The Morgan fingerprint density at radius 1 is 1.18 bits per heavy atom. The number of benzene rings is 1. The first kappa shape index (κ1) is 23.1. The number of oxime groups is 1. The van der Waals surface area contributed by atoms with Crippen LogP contribution in [0.3, 0.4) is 0 Å². The number of aromatic amines is 1. The van der Waals surface area contributed by atoms with E-state index in [1.165, 1.54) is 6.42 Å². The van der Waals surface area contributed by atoms with Crippen molar-refractivity contribution in [1.29, 1.82) is 0 Å². The highest BCUT2D eigenvalue weighted by Gasteiger charge is 2.42. The second kappa shape index (κ2) is 9.41. The fraction of sp³-hybridized carbons (Fsp3) is 0.500. The zero-order valence-electron chi connectivity index (χ0n) is 20.0. The maximum Gasteiger partial charge on any atom is 0.270 e. The molecule has 0 saturated carbocycles. The molecule has 7 nitrogen and oxygen atoms in total. The van der Waals surface area contributed by atoms with Crippen LogP contribution in [-0.4, -0.2) is 47.0 Å². The van der Waals surface area contributed by atoms with E-state index in [1.807, 2.05) is 49.2 Å². The van der Waals surface area contributed by atoms with E-state index in [0.29, 0.717) is 30.1 Å². The molecule has 2 aliphatic heterocycles. The number of aromatic nitrogens is 1. The number of nitrogens with one attached hydrogen (secondary N) is 2. The van der Waals surface area contributed by atoms with Gasteiger partial charge in [0, 0.05) is 43.4 Å². The molecule has 2 N–H and O–H groups in total. The summed E-state index contributed by atoms with van der Waals surface area (Å²) in [6.45, 7) is 10.4. The molecule has 4 rings (SSSR count). The summed E-state index contributed by atoms with van der Waals surface area (Å²) in [5.74, 6) is 0.362. The smallest absolute Gasteiger partial charge is 0.270 e. The van der Waals surface area contributed by atoms with Crippen LogP contribution in [0.1, 0.15) is 84.0 Å². The van der Waals surface area contributed by atoms with Crippen LogP contribution < -0.4 is 5.32 Å². The molecule has 1 atom stereocenters. The number of likely N-dealkylation sites (tertiary alicyclic amines) is 1. The molecule has 1 aromatic carbocycles. The Morgan fingerprint density at radius 3 is 2.55 bits per heavy atom. The fourth-order valence-corrected chi connectivity index (χ4v) is 4.67. The fourth-order valence-electron chi connectivity index (χ4n) is 4.67. The summed E-state index contributed by atoms with van der Waals surface area (Å²) < 4.78 is 0. The van der Waals surface area contributed by atoms with Crippen molar-refractivity contribution < 1.29 is 14.4 Å². The van der Waals surface area contributed by atoms with Gasteiger partial charge in [0.2, 0.25) is 0 Å². The normalized spacial score (nSPS) is 20.5. The third-order valence-corrected chi connectivity index (χ3v) is 6.48. The number of carbonyl (C=O) groups excluding carboxylic acids is 2. The van der Waals surface area contributed by atoms with E-state index in [-0.39, 0.29) is 11.8 Å². The van der Waals surface area contributed by atoms with Crippen molar-refractivity contribution in [1.82, 2.24) is 15.2 Å². The first-order valence-corrected chi connectivity index (χ1v) is 11.9. The number of rotatable bonds is 6. The molecule has 2 amide bonds. The van der Waals surface area contributed by atoms with Crippen LogP contribution >= 0.6 is 0 Å². The molecule has 1 aromatic heterocycles. The first-order chi connectivity index (χ1) is 15.8. The van der Waals surface area contributed by atoms with Crippen molar-refractivity contribution in [3.05, 3.63) is 58.4 Å². The molecule has 176 valence electrons. The highest BCUT2D eigenvalue weighted by molar-refractivity contribution is 6.03. The number of hydrogen-bond donors (Lipinski definition) is 2. The summed E-state index contributed by atoms with van der Waals surface area (Å²) in [6.07, 6.45) is 5.70. The van der Waals surface area contributed by atoms with Crippen LogP contribution in [0.15, 0.2) is 35.6 Å². The van der Waals surface area contributed by atoms with Gasteiger partial charge in [0.05, 0.1) is 5.71 Å². The van der Waals surface area contributed by atoms with Gasteiger partial charge in [-0.25, -0.2) is 0 Å². The molecular weight excluding hydrogens is 416 g/mol. The van der Waals surface area contributed by atoms with Crippen molar-refractivity contribution in [3.63, 3.8) is 0 Å². The van der Waals surface area contributed by atoms with Crippen LogP contribution in [0.2, 0.25) is 0 Å². The Bertz CT molecular complexity index is 1050. The molecule has 0 spiro atoms. The average Bonchev–Trinajstić information content (AvgIpc) is 3.41. The van der Waals surface area contributed by atoms with E-state index in [2.05, 4.69) is 29.3 Å². The molecule has 2 aromatic rings. The van der Waals surface area contributed by atoms with E-state index in [9.17, 15) is 9.59 Å². The van der Waals surface area contributed by atoms with E-state index >= 15 is 0 Å². The lowest BCUT2D eigenvalue weighted by Gasteiger charge is -2.29. The number of hydrogen-bond acceptors (Lipinski definition) is 4. The predicted molar refractivity (Wildman–Crippen MR) is 128 cm³/mol. The number of amides is 2. The maximum atomic E-state index is 13.2. The van der Waals surface area contributed by atoms with Gasteiger partial charge in [0.1, 0.15) is 5.69 Å². The third kappa shape index (κ3) is 4.82. The van der Waals surface area contributed by atoms with Gasteiger partial charge in [-0.3, -0.25) is 9.59 Å². The largest absolute Gasteiger partial charge is 0.384 e. The number of nitrogens with zero attached hydrogens (tertiary/aromatic N) is 2. The van der Waals surface area contributed by atoms with Gasteiger partial charge in [-0.05, 0) is 62.3 Å². The average molecular weight is 451 g/mol. The minimum absolute atomic E-state index is 0.0350. The Labute approximate surface area is 195 Å². The zero-order valence-corrected chi connectivity index (χ0v) is 20.0. The third-order valence-electron chi connectivity index (χ3n) is 6.48. The van der Waals surface area contributed by atoms with E-state index in [1.54, 1.807) is 0 Å². The minimum Gasteiger partial charge on any atom is -0.384 e. The summed E-state index contributed by atoms with van der Waals surface area (Å²) in [5.41, 5.74) is 4.09. The quantitative estimate of drug-likeness (QED) is 0.685. The van der Waals surface area contributed by atoms with Crippen LogP contribution in [0.4, 0.5) is 0 Å². The van der Waals surface area contributed by atoms with Gasteiger partial charge in [-0.2, -0.15) is 0 Å². The summed E-state index contributed by atoms with van der Waals surface area (Å²) >= 11 is 0. The number of aryl methyl sites for hydroxylation is 1. The van der Waals surface area contributed by atoms with E-state index in [4.69, 9.17) is 4.84 Å². The summed E-state index contributed by atoms with van der Waals surface area (Å²) in [7, 11) is 0. The second-order valence-corrected chi connectivity index (χ2v) is 9.79. The molecule has 3 heterocycles. The lowest BCUT2D eigenvalue weighted by atomic mass is 9.86. The van der Waals surface area contributed by atoms with Gasteiger partial charge < -0.3 is 20.0 Å². The van der Waals surface area contributed by atoms with Crippen LogP contribution in [0, 0.1) is 12.8 Å². The predicted octanol–water partition coefficient (Wildman–Crippen LogP) is 4.37. The Morgan fingerprint density at radius 2 is 1.88 bits per heavy atom. The molecule has 0 aliphatic carbocycles. The second-order valence-electron chi connectivity index (χ2n) is 9.79. The van der Waals surface area contributed by atoms with Gasteiger partial charge >= 0.3 is 0 Å². The standard InChI is InChI=1S/C26H34N4O3/c1-17(2)15-28-24(31)20-10-8-19(9-11-20)21-14-26(4,33-29-21)22-18(3)16-27-23(22)25(32)30-12-6-5-7-13-30/h8-11,16-17,27H,5-7,12-15H2,1-4H3,(H,28,31). The van der Waals surface area contributed by atoms with Crippen LogP contribution in [0.5, 0.6) is 0 Å². The zero-order chi connectivity index (χ0) is 23.6. The number of carbonyl (C=O) groups is 2. The minimum atomic E-state index is -0.729. The first-order valence-electron chi connectivity index (χ1n) is 11.9. The van der Waals surface area contributed by atoms with Crippen LogP contribution in [-0.2, 0) is 10.4 Å². The van der Waals surface area contributed by atoms with Crippen molar-refractivity contribution in [3.8, 4) is 0 Å². The molecule has 0 radical (unpaired) electrons. The van der Waals surface area contributed by atoms with Crippen LogP contribution in [0.25, 0.3) is 0 Å². The molecule has 1 fully saturated rings. The van der Waals surface area contributed by atoms with Gasteiger partial charge in [-0.1, -0.05) is 31.1 Å². The van der Waals surface area contributed by atoms with Crippen molar-refractivity contribution in [2.75, 3.05) is 19.6 Å². The topological polar surface area (TPSA) is 86.8 Å². The van der Waals surface area contributed by atoms with Gasteiger partial charge in [-0.15, -0.1) is 0 Å². The molecular formula is C26H34N4O3. The highest BCUT2D eigenvalue weighted by atomic mass is 16.7. The lowest BCUT2D eigenvalue weighted by Crippen LogP contribution is -2.37. The molecule has 7 heteroatoms. The Hall–Kier alpha value is -3.09. The lowest BCUT2D eigenvalue weighted by molar-refractivity contribution is -0.00864. The summed E-state index contributed by atoms with van der Waals surface area (Å²) in [4.78, 5) is 36.7. The number of piperidine rings is 1. The summed E-state index contributed by atoms with van der Waals surface area (Å²) in [5, 5.41) is 7.32. The van der Waals surface area contributed by atoms with Gasteiger partial charge in [0.25, 0.3) is 11.8 Å². The Kier molecular flexibility index (Phi) is 6.58. The van der Waals surface area contributed by atoms with Crippen molar-refractivity contribution in [2.45, 2.75) is 59.0 Å². The van der Waals surface area contributed by atoms with Crippen molar-refractivity contribution in [2.24, 2.45) is 11.1 Å². The molecule has 33 heavy (non-hydrogen) atoms. The maximum absolute atomic E-state index is 13.2. The molecule has 1 saturated heterocycles. The molecule has 2 aliphatic rings. The van der Waals surface area contributed by atoms with E-state index in [0.717, 1.165) is 48.3 Å². The van der Waals surface area contributed by atoms with Crippen molar-refractivity contribution >= 4 is 17.5 Å². The monoisotopic (exact) mass is 450 g/mol. The Balaban J connectivity index is 1.49. The molecule has 1 unspecified atom stereocenters. The summed E-state index contributed by atoms with van der Waals surface area (Å²) in [6, 6.07) is 7.44. The SMILES string of the molecule is Cc1c[nH]c(C(=O)N2CCCCC2)c1C1(C)CC(c2ccc(C(=O)NCC(C)C)cc2)=NO1. The van der Waals surface area contributed by atoms with Gasteiger partial charge in [0.15, 0.2) is 5.60 Å². The van der Waals surface area contributed by atoms with E-state index < -0.39 is 5.60 Å². The molecule has 0 bridgehead atoms. The highest BCUT2D eigenvalue weighted by Crippen LogP contribution is 2.40. The number of H-pyrrole nitrogens is 1.